The van der Waals surface area contributed by atoms with Crippen molar-refractivity contribution in [3.8, 4) is 16.9 Å². The zero-order valence-corrected chi connectivity index (χ0v) is 23.7. The van der Waals surface area contributed by atoms with Crippen LogP contribution >= 0.6 is 11.9 Å². The SMILES string of the molecule is CCOc1ccc(-c2ccc(C(=O)N3CCN(/C(N)=C/C=C(\N)C(=O)NSCc4ccccc4)CC3)cc2F)cc1. The number of benzene rings is 3. The van der Waals surface area contributed by atoms with Gasteiger partial charge >= 0.3 is 0 Å². The van der Waals surface area contributed by atoms with E-state index in [1.165, 1.54) is 24.1 Å². The van der Waals surface area contributed by atoms with Crippen LogP contribution < -0.4 is 20.9 Å². The summed E-state index contributed by atoms with van der Waals surface area (Å²) in [6.07, 6.45) is 3.06. The number of rotatable bonds is 10. The van der Waals surface area contributed by atoms with E-state index in [4.69, 9.17) is 16.2 Å². The number of ether oxygens (including phenoxy) is 1. The highest BCUT2D eigenvalue weighted by Gasteiger charge is 2.23. The van der Waals surface area contributed by atoms with Gasteiger partial charge in [-0.25, -0.2) is 4.39 Å². The minimum Gasteiger partial charge on any atom is -0.494 e. The van der Waals surface area contributed by atoms with Gasteiger partial charge in [-0.1, -0.05) is 48.5 Å². The minimum absolute atomic E-state index is 0.0398. The molecule has 8 nitrogen and oxygen atoms in total. The van der Waals surface area contributed by atoms with Crippen molar-refractivity contribution in [3.63, 3.8) is 0 Å². The second-order valence-electron chi connectivity index (χ2n) is 9.35. The Morgan fingerprint density at radius 2 is 1.63 bits per heavy atom. The van der Waals surface area contributed by atoms with Crippen molar-refractivity contribution in [1.82, 2.24) is 14.5 Å². The lowest BCUT2D eigenvalue weighted by molar-refractivity contribution is -0.115. The normalized spacial score (nSPS) is 14.1. The first kappa shape index (κ1) is 29.5. The fourth-order valence-electron chi connectivity index (χ4n) is 4.30. The molecule has 10 heteroatoms. The van der Waals surface area contributed by atoms with Crippen LogP contribution in [-0.4, -0.2) is 54.4 Å². The molecule has 0 radical (unpaired) electrons. The number of carbonyl (C=O) groups is 2. The van der Waals surface area contributed by atoms with Crippen molar-refractivity contribution < 1.29 is 18.7 Å². The first-order valence-electron chi connectivity index (χ1n) is 13.3. The van der Waals surface area contributed by atoms with Gasteiger partial charge in [-0.3, -0.25) is 14.3 Å². The molecule has 2 amide bonds. The molecule has 1 heterocycles. The zero-order chi connectivity index (χ0) is 29.2. The summed E-state index contributed by atoms with van der Waals surface area (Å²) in [5.74, 6) is 0.690. The Hall–Kier alpha value is -4.44. The van der Waals surface area contributed by atoms with Crippen molar-refractivity contribution in [2.45, 2.75) is 12.7 Å². The van der Waals surface area contributed by atoms with Crippen LogP contribution in [0.15, 0.2) is 96.5 Å². The van der Waals surface area contributed by atoms with Gasteiger partial charge in [0.05, 0.1) is 18.1 Å². The molecule has 1 saturated heterocycles. The molecule has 0 spiro atoms. The van der Waals surface area contributed by atoms with Gasteiger partial charge in [-0.2, -0.15) is 0 Å². The first-order valence-corrected chi connectivity index (χ1v) is 14.3. The Bertz CT molecular complexity index is 1410. The van der Waals surface area contributed by atoms with Crippen LogP contribution in [0.25, 0.3) is 11.1 Å². The zero-order valence-electron chi connectivity index (χ0n) is 22.9. The Kier molecular flexibility index (Phi) is 10.3. The number of carbonyl (C=O) groups excluding carboxylic acids is 2. The van der Waals surface area contributed by atoms with Crippen molar-refractivity contribution in [2.24, 2.45) is 11.5 Å². The number of nitrogens with zero attached hydrogens (tertiary/aromatic N) is 2. The van der Waals surface area contributed by atoms with Gasteiger partial charge in [0.15, 0.2) is 0 Å². The molecule has 0 aromatic heterocycles. The quantitative estimate of drug-likeness (QED) is 0.188. The molecule has 3 aromatic rings. The number of hydrogen-bond acceptors (Lipinski definition) is 7. The van der Waals surface area contributed by atoms with Gasteiger partial charge in [-0.15, -0.1) is 0 Å². The van der Waals surface area contributed by atoms with Gasteiger partial charge in [0.25, 0.3) is 11.8 Å². The average molecular weight is 576 g/mol. The second kappa shape index (κ2) is 14.3. The Labute approximate surface area is 244 Å². The third kappa shape index (κ3) is 8.04. The maximum atomic E-state index is 15.0. The molecule has 0 aliphatic carbocycles. The Morgan fingerprint density at radius 1 is 0.951 bits per heavy atom. The van der Waals surface area contributed by atoms with E-state index in [-0.39, 0.29) is 11.6 Å². The molecule has 41 heavy (non-hydrogen) atoms. The van der Waals surface area contributed by atoms with Gasteiger partial charge in [0.1, 0.15) is 11.6 Å². The van der Waals surface area contributed by atoms with Crippen LogP contribution in [0.1, 0.15) is 22.8 Å². The van der Waals surface area contributed by atoms with Crippen molar-refractivity contribution >= 4 is 23.8 Å². The molecule has 0 unspecified atom stereocenters. The van der Waals surface area contributed by atoms with Crippen molar-refractivity contribution in [2.75, 3.05) is 32.8 Å². The highest BCUT2D eigenvalue weighted by atomic mass is 32.2. The highest BCUT2D eigenvalue weighted by molar-refractivity contribution is 7.97. The number of amides is 2. The topological polar surface area (TPSA) is 114 Å². The van der Waals surface area contributed by atoms with Crippen LogP contribution in [-0.2, 0) is 10.5 Å². The minimum atomic E-state index is -0.460. The lowest BCUT2D eigenvalue weighted by Crippen LogP contribution is -2.49. The maximum absolute atomic E-state index is 15.0. The number of nitrogens with two attached hydrogens (primary N) is 2. The Balaban J connectivity index is 1.27. The molecule has 0 saturated carbocycles. The van der Waals surface area contributed by atoms with Crippen molar-refractivity contribution in [1.29, 1.82) is 0 Å². The fourth-order valence-corrected chi connectivity index (χ4v) is 4.98. The summed E-state index contributed by atoms with van der Waals surface area (Å²) in [5, 5.41) is 0. The summed E-state index contributed by atoms with van der Waals surface area (Å²) >= 11 is 1.26. The lowest BCUT2D eigenvalue weighted by atomic mass is 10.0. The summed E-state index contributed by atoms with van der Waals surface area (Å²) in [6, 6.07) is 21.5. The van der Waals surface area contributed by atoms with E-state index in [0.29, 0.717) is 61.1 Å². The fraction of sp³-hybridized carbons (Fsp3) is 0.226. The largest absolute Gasteiger partial charge is 0.494 e. The van der Waals surface area contributed by atoms with Crippen LogP contribution in [0, 0.1) is 5.82 Å². The molecular formula is C31H34FN5O3S. The number of hydrogen-bond donors (Lipinski definition) is 3. The number of nitrogens with one attached hydrogen (secondary N) is 1. The van der Waals surface area contributed by atoms with E-state index in [9.17, 15) is 14.0 Å². The van der Waals surface area contributed by atoms with E-state index < -0.39 is 11.7 Å². The van der Waals surface area contributed by atoms with Crippen LogP contribution in [0.5, 0.6) is 5.75 Å². The number of halogens is 1. The second-order valence-corrected chi connectivity index (χ2v) is 10.1. The van der Waals surface area contributed by atoms with Gasteiger partial charge in [-0.05, 0) is 66.4 Å². The van der Waals surface area contributed by atoms with E-state index >= 15 is 0 Å². The highest BCUT2D eigenvalue weighted by Crippen LogP contribution is 2.26. The van der Waals surface area contributed by atoms with Crippen LogP contribution in [0.2, 0.25) is 0 Å². The molecular weight excluding hydrogens is 541 g/mol. The maximum Gasteiger partial charge on any atom is 0.276 e. The molecule has 1 aliphatic heterocycles. The number of allylic oxidation sites excluding steroid dienone is 2. The van der Waals surface area contributed by atoms with E-state index in [1.807, 2.05) is 42.2 Å². The molecule has 0 bridgehead atoms. The van der Waals surface area contributed by atoms with Gasteiger partial charge < -0.3 is 26.0 Å². The molecule has 4 rings (SSSR count). The van der Waals surface area contributed by atoms with E-state index in [2.05, 4.69) is 4.72 Å². The van der Waals surface area contributed by atoms with Crippen molar-refractivity contribution in [3.05, 3.63) is 113 Å². The number of piperazine rings is 1. The summed E-state index contributed by atoms with van der Waals surface area (Å²) in [5.41, 5.74) is 14.7. The predicted molar refractivity (Wildman–Crippen MR) is 161 cm³/mol. The third-order valence-corrected chi connectivity index (χ3v) is 7.37. The summed E-state index contributed by atoms with van der Waals surface area (Å²) < 4.78 is 23.1. The first-order chi connectivity index (χ1) is 19.9. The van der Waals surface area contributed by atoms with E-state index in [0.717, 1.165) is 11.3 Å². The molecule has 214 valence electrons. The van der Waals surface area contributed by atoms with E-state index in [1.54, 1.807) is 47.4 Å². The standard InChI is InChI=1S/C31H34FN5O3S/c1-2-40-25-11-8-23(9-12-25)26-13-10-24(20-27(26)32)31(39)37-18-16-36(17-19-37)29(34)15-14-28(33)30(38)35-41-21-22-6-4-3-5-7-22/h3-15,20H,2,16-19,21,33-34H2,1H3,(H,35,38)/b28-14-,29-15+. The molecule has 1 fully saturated rings. The predicted octanol–water partition coefficient (Wildman–Crippen LogP) is 4.26. The smallest absolute Gasteiger partial charge is 0.276 e. The molecule has 5 N–H and O–H groups in total. The average Bonchev–Trinajstić information content (AvgIpc) is 3.00. The van der Waals surface area contributed by atoms with Crippen LogP contribution in [0.4, 0.5) is 4.39 Å². The summed E-state index contributed by atoms with van der Waals surface area (Å²) in [7, 11) is 0. The Morgan fingerprint density at radius 3 is 2.29 bits per heavy atom. The third-order valence-electron chi connectivity index (χ3n) is 6.57. The monoisotopic (exact) mass is 575 g/mol. The van der Waals surface area contributed by atoms with Gasteiger partial charge in [0.2, 0.25) is 0 Å². The summed E-state index contributed by atoms with van der Waals surface area (Å²) in [6.45, 7) is 4.29. The van der Waals surface area contributed by atoms with Crippen LogP contribution in [0.3, 0.4) is 0 Å². The molecule has 3 aromatic carbocycles. The van der Waals surface area contributed by atoms with Gasteiger partial charge in [0, 0.05) is 43.1 Å². The molecule has 0 atom stereocenters. The summed E-state index contributed by atoms with van der Waals surface area (Å²) in [4.78, 5) is 28.9. The molecule has 1 aliphatic rings. The lowest BCUT2D eigenvalue weighted by Gasteiger charge is -2.36.